The van der Waals surface area contributed by atoms with Crippen molar-refractivity contribution < 1.29 is 14.9 Å². The van der Waals surface area contributed by atoms with Gasteiger partial charge in [-0.05, 0) is 37.5 Å². The van der Waals surface area contributed by atoms with E-state index in [4.69, 9.17) is 10.5 Å². The highest BCUT2D eigenvalue weighted by Crippen LogP contribution is 2.54. The van der Waals surface area contributed by atoms with E-state index in [9.17, 15) is 10.2 Å². The highest BCUT2D eigenvalue weighted by atomic mass is 16.5. The van der Waals surface area contributed by atoms with Crippen LogP contribution in [-0.4, -0.2) is 29.0 Å². The van der Waals surface area contributed by atoms with Crippen LogP contribution in [0.3, 0.4) is 0 Å². The minimum atomic E-state index is -1.30. The lowest BCUT2D eigenvalue weighted by Gasteiger charge is -2.57. The Balaban J connectivity index is 2.59. The van der Waals surface area contributed by atoms with Gasteiger partial charge in [-0.25, -0.2) is 0 Å². The molecule has 1 aliphatic carbocycles. The molecule has 4 N–H and O–H groups in total. The third kappa shape index (κ3) is 1.94. The summed E-state index contributed by atoms with van der Waals surface area (Å²) >= 11 is 0. The van der Waals surface area contributed by atoms with Gasteiger partial charge in [0.15, 0.2) is 0 Å². The predicted molar refractivity (Wildman–Crippen MR) is 78.5 cm³/mol. The number of aliphatic hydroxyl groups is 2. The molecule has 0 amide bonds. The van der Waals surface area contributed by atoms with E-state index >= 15 is 0 Å². The van der Waals surface area contributed by atoms with Crippen LogP contribution in [0.4, 0.5) is 0 Å². The van der Waals surface area contributed by atoms with Gasteiger partial charge in [0.25, 0.3) is 0 Å². The van der Waals surface area contributed by atoms with Gasteiger partial charge in [-0.2, -0.15) is 0 Å². The van der Waals surface area contributed by atoms with Crippen LogP contribution in [0, 0.1) is 5.41 Å². The van der Waals surface area contributed by atoms with Gasteiger partial charge < -0.3 is 20.7 Å². The van der Waals surface area contributed by atoms with Crippen molar-refractivity contribution in [3.8, 4) is 5.75 Å². The summed E-state index contributed by atoms with van der Waals surface area (Å²) < 4.78 is 5.23. The van der Waals surface area contributed by atoms with Gasteiger partial charge in [-0.3, -0.25) is 0 Å². The lowest BCUT2D eigenvalue weighted by Crippen LogP contribution is -2.66. The molecule has 0 heterocycles. The number of ether oxygens (including phenoxy) is 1. The first-order valence-corrected chi connectivity index (χ1v) is 7.01. The normalized spacial score (nSPS) is 36.6. The Kier molecular flexibility index (Phi) is 3.61. The molecule has 4 nitrogen and oxygen atoms in total. The molecule has 1 saturated carbocycles. The van der Waals surface area contributed by atoms with E-state index in [1.54, 1.807) is 20.1 Å². The maximum Gasteiger partial charge on any atom is 0.119 e. The van der Waals surface area contributed by atoms with Crippen LogP contribution in [0.2, 0.25) is 0 Å². The standard InChI is InChI=1S/C16H25NO3/c1-14(2)15(3,18)9-8-13(17)16(14,19)11-6-5-7-12(10-11)20-4/h5-7,10,13,18-19H,8-9,17H2,1-4H3/t13-,15-,16+/m1/s1. The van der Waals surface area contributed by atoms with Gasteiger partial charge in [-0.1, -0.05) is 26.0 Å². The van der Waals surface area contributed by atoms with Crippen molar-refractivity contribution in [2.45, 2.75) is 50.9 Å². The molecule has 2 rings (SSSR count). The summed E-state index contributed by atoms with van der Waals surface area (Å²) in [5, 5.41) is 22.1. The first-order valence-electron chi connectivity index (χ1n) is 7.01. The van der Waals surface area contributed by atoms with E-state index in [0.29, 0.717) is 24.2 Å². The van der Waals surface area contributed by atoms with Gasteiger partial charge in [0.1, 0.15) is 11.4 Å². The van der Waals surface area contributed by atoms with Crippen LogP contribution in [0.15, 0.2) is 24.3 Å². The highest BCUT2D eigenvalue weighted by molar-refractivity contribution is 5.36. The summed E-state index contributed by atoms with van der Waals surface area (Å²) in [6.07, 6.45) is 1.15. The van der Waals surface area contributed by atoms with E-state index in [1.165, 1.54) is 0 Å². The molecule has 1 aromatic rings. The minimum absolute atomic E-state index is 0.426. The highest BCUT2D eigenvalue weighted by Gasteiger charge is 2.60. The molecule has 0 bridgehead atoms. The van der Waals surface area contributed by atoms with E-state index in [0.717, 1.165) is 0 Å². The number of hydrogen-bond acceptors (Lipinski definition) is 4. The summed E-state index contributed by atoms with van der Waals surface area (Å²) in [4.78, 5) is 0. The number of benzene rings is 1. The van der Waals surface area contributed by atoms with Gasteiger partial charge >= 0.3 is 0 Å². The number of hydrogen-bond donors (Lipinski definition) is 3. The largest absolute Gasteiger partial charge is 0.497 e. The van der Waals surface area contributed by atoms with E-state index in [-0.39, 0.29) is 0 Å². The fraction of sp³-hybridized carbons (Fsp3) is 0.625. The zero-order valence-corrected chi connectivity index (χ0v) is 12.7. The monoisotopic (exact) mass is 279 g/mol. The zero-order chi connectivity index (χ0) is 15.2. The van der Waals surface area contributed by atoms with Crippen LogP contribution >= 0.6 is 0 Å². The van der Waals surface area contributed by atoms with Crippen molar-refractivity contribution >= 4 is 0 Å². The first kappa shape index (κ1) is 15.3. The molecule has 0 spiro atoms. The van der Waals surface area contributed by atoms with Crippen LogP contribution in [0.1, 0.15) is 39.2 Å². The maximum absolute atomic E-state index is 11.4. The van der Waals surface area contributed by atoms with Crippen molar-refractivity contribution in [2.75, 3.05) is 7.11 Å². The molecule has 1 fully saturated rings. The van der Waals surface area contributed by atoms with Crippen LogP contribution in [-0.2, 0) is 5.60 Å². The van der Waals surface area contributed by atoms with Crippen molar-refractivity contribution in [3.05, 3.63) is 29.8 Å². The van der Waals surface area contributed by atoms with Crippen molar-refractivity contribution in [3.63, 3.8) is 0 Å². The van der Waals surface area contributed by atoms with E-state index in [2.05, 4.69) is 0 Å². The minimum Gasteiger partial charge on any atom is -0.497 e. The second-order valence-electron chi connectivity index (χ2n) is 6.54. The van der Waals surface area contributed by atoms with Crippen molar-refractivity contribution in [2.24, 2.45) is 11.1 Å². The quantitative estimate of drug-likeness (QED) is 0.771. The maximum atomic E-state index is 11.4. The third-order valence-corrected chi connectivity index (χ3v) is 5.29. The molecule has 1 aromatic carbocycles. The fourth-order valence-corrected chi connectivity index (χ4v) is 3.27. The summed E-state index contributed by atoms with van der Waals surface area (Å²) in [7, 11) is 1.59. The predicted octanol–water partition coefficient (Wildman–Crippen LogP) is 1.78. The number of nitrogens with two attached hydrogens (primary N) is 1. The van der Waals surface area contributed by atoms with Gasteiger partial charge in [0.05, 0.1) is 12.7 Å². The summed E-state index contributed by atoms with van der Waals surface area (Å²) in [5.41, 5.74) is 3.86. The lowest BCUT2D eigenvalue weighted by atomic mass is 9.54. The molecular formula is C16H25NO3. The Morgan fingerprint density at radius 3 is 2.50 bits per heavy atom. The van der Waals surface area contributed by atoms with Gasteiger partial charge in [0.2, 0.25) is 0 Å². The molecule has 0 unspecified atom stereocenters. The second-order valence-corrected chi connectivity index (χ2v) is 6.54. The van der Waals surface area contributed by atoms with Gasteiger partial charge in [-0.15, -0.1) is 0 Å². The molecule has 0 saturated heterocycles. The fourth-order valence-electron chi connectivity index (χ4n) is 3.27. The molecule has 3 atom stereocenters. The number of methoxy groups -OCH3 is 1. The van der Waals surface area contributed by atoms with Crippen LogP contribution < -0.4 is 10.5 Å². The van der Waals surface area contributed by atoms with Crippen LogP contribution in [0.5, 0.6) is 5.75 Å². The Morgan fingerprint density at radius 2 is 1.90 bits per heavy atom. The summed E-state index contributed by atoms with van der Waals surface area (Å²) in [6.45, 7) is 5.50. The lowest BCUT2D eigenvalue weighted by molar-refractivity contribution is -0.216. The second kappa shape index (κ2) is 4.72. The van der Waals surface area contributed by atoms with Crippen molar-refractivity contribution in [1.29, 1.82) is 0 Å². The Hall–Kier alpha value is -1.10. The van der Waals surface area contributed by atoms with Gasteiger partial charge in [0, 0.05) is 11.5 Å². The Bertz CT molecular complexity index is 498. The third-order valence-electron chi connectivity index (χ3n) is 5.29. The van der Waals surface area contributed by atoms with E-state index < -0.39 is 22.7 Å². The van der Waals surface area contributed by atoms with Crippen molar-refractivity contribution in [1.82, 2.24) is 0 Å². The molecule has 0 radical (unpaired) electrons. The molecule has 0 aliphatic heterocycles. The zero-order valence-electron chi connectivity index (χ0n) is 12.7. The summed E-state index contributed by atoms with van der Waals surface area (Å²) in [5.74, 6) is 0.671. The van der Waals surface area contributed by atoms with Crippen LogP contribution in [0.25, 0.3) is 0 Å². The Labute approximate surface area is 120 Å². The smallest absolute Gasteiger partial charge is 0.119 e. The molecule has 20 heavy (non-hydrogen) atoms. The Morgan fingerprint density at radius 1 is 1.25 bits per heavy atom. The molecular weight excluding hydrogens is 254 g/mol. The first-order chi connectivity index (χ1) is 9.16. The molecule has 4 heteroatoms. The van der Waals surface area contributed by atoms with E-state index in [1.807, 2.05) is 32.0 Å². The molecule has 1 aliphatic rings. The average molecular weight is 279 g/mol. The molecule has 0 aromatic heterocycles. The number of rotatable bonds is 2. The SMILES string of the molecule is COc1cccc([C@]2(O)[C@H](N)CC[C@@](C)(O)C2(C)C)c1. The topological polar surface area (TPSA) is 75.7 Å². The molecule has 112 valence electrons. The average Bonchev–Trinajstić information content (AvgIpc) is 2.42. The summed E-state index contributed by atoms with van der Waals surface area (Å²) in [6, 6.07) is 6.86.